The van der Waals surface area contributed by atoms with Crippen molar-refractivity contribution in [3.63, 3.8) is 0 Å². The number of azide groups is 1. The monoisotopic (exact) mass is 1400 g/mol. The van der Waals surface area contributed by atoms with Crippen molar-refractivity contribution < 1.29 is 139 Å². The maximum Gasteiger partial charge on any atom is 1.00 e. The largest absolute Gasteiger partial charge is 1.00 e. The van der Waals surface area contributed by atoms with Crippen molar-refractivity contribution in [1.82, 2.24) is 24.5 Å². The number of carbonyl (C=O) groups excluding carboxylic acids is 4. The molecule has 4 rings (SSSR count). The van der Waals surface area contributed by atoms with Crippen LogP contribution in [0.1, 0.15) is 158 Å². The number of hydrogen-bond acceptors (Lipinski definition) is 17. The molecule has 0 aromatic rings. The normalized spacial score (nSPS) is 23.0. The summed E-state index contributed by atoms with van der Waals surface area (Å²) in [6.07, 6.45) is -6.32. The van der Waals surface area contributed by atoms with E-state index in [1.807, 2.05) is 0 Å². The van der Waals surface area contributed by atoms with Gasteiger partial charge in [0.05, 0.1) is 70.0 Å². The first-order valence-electron chi connectivity index (χ1n) is 34.6. The van der Waals surface area contributed by atoms with E-state index in [4.69, 9.17) is 69.2 Å². The molecule has 0 aromatic heterocycles. The van der Waals surface area contributed by atoms with Gasteiger partial charge in [0, 0.05) is 75.6 Å². The van der Waals surface area contributed by atoms with Gasteiger partial charge in [-0.15, -0.1) is 17.9 Å². The minimum atomic E-state index is -3.68. The van der Waals surface area contributed by atoms with Crippen molar-refractivity contribution in [2.45, 2.75) is 201 Å². The van der Waals surface area contributed by atoms with Gasteiger partial charge in [-0.3, -0.25) is 9.09 Å². The number of amides is 4. The maximum atomic E-state index is 13.5. The summed E-state index contributed by atoms with van der Waals surface area (Å²) in [5.74, 6) is 0. The summed E-state index contributed by atoms with van der Waals surface area (Å²) in [6, 6.07) is -0.808. The number of ether oxygens (including phenoxy) is 4. The number of alkyl halides is 4. The fourth-order valence-corrected chi connectivity index (χ4v) is 7.77. The van der Waals surface area contributed by atoms with E-state index in [9.17, 15) is 58.7 Å². The van der Waals surface area contributed by atoms with Crippen molar-refractivity contribution in [3.8, 4) is 0 Å². The van der Waals surface area contributed by atoms with Gasteiger partial charge in [-0.2, -0.15) is 8.42 Å². The van der Waals surface area contributed by atoms with E-state index < -0.39 is 109 Å². The minimum Gasteiger partial charge on any atom is -0.444 e. The molecule has 4 aliphatic rings. The summed E-state index contributed by atoms with van der Waals surface area (Å²) < 4.78 is 199. The molecule has 0 aliphatic carbocycles. The molecule has 0 saturated carbocycles. The molecule has 26 nitrogen and oxygen atoms in total. The molecule has 4 fully saturated rings. The van der Waals surface area contributed by atoms with Gasteiger partial charge in [0.1, 0.15) is 47.1 Å². The van der Waals surface area contributed by atoms with Crippen LogP contribution in [-0.2, 0) is 42.3 Å². The fourth-order valence-electron chi connectivity index (χ4n) is 7.14. The van der Waals surface area contributed by atoms with Crippen LogP contribution in [0, 0.1) is 0 Å². The Bertz CT molecular complexity index is 2230. The predicted octanol–water partition coefficient (Wildman–Crippen LogP) is 9.93. The molecule has 3 N–H and O–H groups in total. The number of likely N-dealkylation sites (tertiary alicyclic amines) is 4. The number of nitrogens with zero attached hydrogens (tertiary/aromatic N) is 11. The third kappa shape index (κ3) is 56.7. The van der Waals surface area contributed by atoms with Crippen molar-refractivity contribution in [1.29, 1.82) is 0 Å². The first kappa shape index (κ1) is 75.2. The molecule has 4 aliphatic heterocycles. The molecule has 0 aromatic carbocycles. The Kier molecular flexibility index (Phi) is 39.9. The number of β-amino-alcohol motifs (C(OH)–C–C–N with tert-alkyl or cyclic N) is 1. The number of nitrogens with two attached hydrogens (primary N) is 1. The number of carbonyl (C=O) groups is 4. The third-order valence-corrected chi connectivity index (χ3v) is 10.6. The number of rotatable bonds is 6. The van der Waals surface area contributed by atoms with E-state index in [1.54, 1.807) is 83.1 Å². The Hall–Kier alpha value is -2.26. The number of hydrogen-bond donors (Lipinski definition) is 2. The van der Waals surface area contributed by atoms with Crippen LogP contribution < -0.4 is 35.3 Å². The van der Waals surface area contributed by atoms with Crippen LogP contribution in [-0.4, -0.2) is 227 Å². The van der Waals surface area contributed by atoms with Gasteiger partial charge >= 0.3 is 53.9 Å². The second-order valence-corrected chi connectivity index (χ2v) is 32.1. The van der Waals surface area contributed by atoms with Gasteiger partial charge < -0.3 is 65.3 Å². The van der Waals surface area contributed by atoms with E-state index in [0.717, 1.165) is 25.4 Å². The van der Waals surface area contributed by atoms with Crippen LogP contribution in [0.2, 0.25) is 0 Å². The summed E-state index contributed by atoms with van der Waals surface area (Å²) >= 11 is 0. The van der Waals surface area contributed by atoms with Crippen LogP contribution >= 0.6 is 36.5 Å². The Morgan fingerprint density at radius 3 is 1.20 bits per heavy atom. The van der Waals surface area contributed by atoms with E-state index in [1.165, 1.54) is 39.2 Å². The van der Waals surface area contributed by atoms with Gasteiger partial charge in [0.2, 0.25) is 9.05 Å². The molecule has 2 unspecified atom stereocenters. The van der Waals surface area contributed by atoms with Crippen molar-refractivity contribution in [2.75, 3.05) is 84.5 Å². The predicted molar refractivity (Wildman–Crippen MR) is 351 cm³/mol. The van der Waals surface area contributed by atoms with Gasteiger partial charge in [-0.25, -0.2) is 45.2 Å². The smallest absolute Gasteiger partial charge is 0.444 e. The Morgan fingerprint density at radius 1 is 0.647 bits per heavy atom. The van der Waals surface area contributed by atoms with Crippen molar-refractivity contribution in [2.24, 2.45) is 10.8 Å². The summed E-state index contributed by atoms with van der Waals surface area (Å²) in [7, 11) is 3.69. The van der Waals surface area contributed by atoms with Gasteiger partial charge in [0.25, 0.3) is 10.1 Å². The van der Waals surface area contributed by atoms with Crippen LogP contribution in [0.5, 0.6) is 0 Å². The molecule has 4 amide bonds. The summed E-state index contributed by atoms with van der Waals surface area (Å²) in [4.78, 5) is 58.1. The van der Waals surface area contributed by atoms with Crippen LogP contribution in [0.4, 0.5) is 36.7 Å². The van der Waals surface area contributed by atoms with Crippen molar-refractivity contribution >= 4 is 80.0 Å². The first-order valence-corrected chi connectivity index (χ1v) is 35.8. The van der Waals surface area contributed by atoms with Gasteiger partial charge in [-0.05, 0) is 121 Å². The molecule has 85 heavy (non-hydrogen) atoms. The molecule has 4 heterocycles. The average molecular weight is 1400 g/mol. The zero-order chi connectivity index (χ0) is 82.8. The summed E-state index contributed by atoms with van der Waals surface area (Å²) in [5, 5.41) is 12.8. The topological polar surface area (TPSA) is 353 Å². The van der Waals surface area contributed by atoms with Gasteiger partial charge in [-0.1, -0.05) is 33.8 Å². The summed E-state index contributed by atoms with van der Waals surface area (Å²) in [6.45, 7) is 31.7. The van der Waals surface area contributed by atoms with Crippen molar-refractivity contribution in [3.05, 3.63) is 26.4 Å². The Labute approximate surface area is 564 Å². The molecule has 37 heteroatoms. The van der Waals surface area contributed by atoms with E-state index in [0.29, 0.717) is 13.0 Å². The Balaban J connectivity index is -0.0000000614. The third-order valence-electron chi connectivity index (χ3n) is 10.0. The average Bonchev–Trinajstić information content (AvgIpc) is 0.881. The zero-order valence-corrected chi connectivity index (χ0v) is 60.5. The number of halogens is 5. The first-order chi connectivity index (χ1) is 46.0. The minimum absolute atomic E-state index is 0. The molecule has 4 saturated heterocycles. The fraction of sp³-hybridized carbons (Fsp3) is 0.917. The van der Waals surface area contributed by atoms with E-state index >= 15 is 0 Å². The molecular weight excluding hydrogens is 1260 g/mol. The Morgan fingerprint density at radius 2 is 0.929 bits per heavy atom. The molecule has 0 spiro atoms. The molecular formula is C48H119ClF4N12NaO14P3S2. The number of aliphatic hydroxyl groups is 1. The van der Waals surface area contributed by atoms with E-state index in [-0.39, 0.29) is 105 Å². The molecule has 518 valence electrons. The molecule has 0 bridgehead atoms. The standard InChI is InChI=1S/C11H20FNO5S.C10H17FN4O2.C10H19FN2O2.C10H18FNO3.C6H15N.CH3ClO2S.N3.Na.H5P3.11H2/c1-11(2,3)17-10(14)13-6-8(12)5-9(7-13)18-19(4,15)16;1-10(2,3)17-9(16)15-5-7(11)4-8(6-15)13-14-12;1-10(2,3)15-9(14)13-5-7(11)4-8(12)6-13;1-10(2,3)15-9(14)12-5-7(11)4-8(13)6-12;1-4-7(5-2)6-3;1-5(2,3)4;1-3-2;;1-3-2;;;;;;;;;;;/h8-9H,5-7H2,1-4H3;7-8H,4-6H2,1-3H3;7-8H,4-6,12H2,1-3H3;7-8,13H,4-6H2,1-3H3;4-6H2,1-3H3;1H3;;;3H,1-2H2;11*1H/q;;;;;;-1;+1;;;;;;;;;;;;/t8-,9+;2*7-,8-;7-,8+;;;;;;;;;;;;;;;;/m0000................/s1/i;;;;;;;;;8*1+1D;2*1+1;. The quantitative estimate of drug-likeness (QED) is 0.0287. The number of aliphatic hydroxyl groups excluding tert-OH is 1. The maximum absolute atomic E-state index is 13.5. The second kappa shape index (κ2) is 45.1. The summed E-state index contributed by atoms with van der Waals surface area (Å²) in [5.41, 5.74) is 25.0. The zero-order valence-electron chi connectivity index (χ0n) is 68.8. The molecule has 10 atom stereocenters. The molecule has 0 radical (unpaired) electrons. The van der Waals surface area contributed by atoms with Crippen LogP contribution in [0.25, 0.3) is 26.4 Å². The second-order valence-electron chi connectivity index (χ2n) is 23.1. The SMILES string of the molecule is CC(C)(C)OC(=O)N1C[C@@H](F)C[C@@H](OS(C)(=O)=O)C1.CC(C)(C)OC(=O)N1C[C@@H](F)C[C@H](N=[N+]=[N-])C1.CC(C)(C)OC(=O)N1C[C@@H](N)C[C@H](F)C1.CC(C)(C)OC(=O)N1C[C@H](O)C[C@H](F)C1.CCN(CC)CC.CS(=O)(=O)Cl.PPP.[2HH].[2HH].[2H][2H].[2H][2H].[2H][2H].[2H][2H].[2H][2H].[2H][2H].[2H][2H].[2H][2H].[HH].[N-]=[N+]=[N-].[Na+]. The van der Waals surface area contributed by atoms with Crippen LogP contribution in [0.15, 0.2) is 5.11 Å². The van der Waals surface area contributed by atoms with Gasteiger partial charge in [0.15, 0.2) is 0 Å². The van der Waals surface area contributed by atoms with E-state index in [2.05, 4.69) is 64.2 Å². The van der Waals surface area contributed by atoms with Crippen LogP contribution in [0.3, 0.4) is 0 Å². The number of piperidine rings is 4.